The molecule has 1 aliphatic rings. The van der Waals surface area contributed by atoms with Crippen LogP contribution in [0.5, 0.6) is 0 Å². The van der Waals surface area contributed by atoms with Crippen LogP contribution in [-0.4, -0.2) is 49.7 Å². The van der Waals surface area contributed by atoms with Gasteiger partial charge in [0, 0.05) is 38.6 Å². The van der Waals surface area contributed by atoms with E-state index in [0.29, 0.717) is 25.3 Å². The smallest absolute Gasteiger partial charge is 0.224 e. The zero-order valence-electron chi connectivity index (χ0n) is 16.2. The molecule has 1 amide bonds. The van der Waals surface area contributed by atoms with Gasteiger partial charge in [0.2, 0.25) is 5.91 Å². The summed E-state index contributed by atoms with van der Waals surface area (Å²) in [6.07, 6.45) is 0.589. The lowest BCUT2D eigenvalue weighted by Gasteiger charge is -2.35. The second-order valence-corrected chi connectivity index (χ2v) is 6.94. The first-order valence-electron chi connectivity index (χ1n) is 8.86. The van der Waals surface area contributed by atoms with E-state index in [9.17, 15) is 4.79 Å². The first-order valence-corrected chi connectivity index (χ1v) is 8.86. The first-order chi connectivity index (χ1) is 11.5. The lowest BCUT2D eigenvalue weighted by atomic mass is 10.1. The minimum absolute atomic E-state index is 0. The second-order valence-electron chi connectivity index (χ2n) is 6.94. The Hall–Kier alpha value is -0.850. The Morgan fingerprint density at radius 2 is 1.69 bits per heavy atom. The minimum Gasteiger partial charge on any atom is -0.373 e. The highest BCUT2D eigenvalue weighted by Crippen LogP contribution is 2.14. The Morgan fingerprint density at radius 1 is 1.15 bits per heavy atom. The molecule has 0 saturated carbocycles. The Balaban J connectivity index is 0.00000312. The molecule has 5 nitrogen and oxygen atoms in total. The Morgan fingerprint density at radius 3 is 2.23 bits per heavy atom. The van der Waals surface area contributed by atoms with E-state index < -0.39 is 0 Å². The number of hydrogen-bond acceptors (Lipinski definition) is 4. The number of halogens is 2. The maximum Gasteiger partial charge on any atom is 0.224 e. The van der Waals surface area contributed by atoms with E-state index in [1.807, 2.05) is 14.0 Å². The van der Waals surface area contributed by atoms with Crippen molar-refractivity contribution in [3.8, 4) is 0 Å². The van der Waals surface area contributed by atoms with Crippen LogP contribution in [0.1, 0.15) is 31.9 Å². The molecular formula is C19H33Cl2N3O2. The van der Waals surface area contributed by atoms with Crippen LogP contribution in [0.15, 0.2) is 24.3 Å². The fraction of sp³-hybridized carbons (Fsp3) is 0.632. The number of rotatable bonds is 7. The molecule has 26 heavy (non-hydrogen) atoms. The summed E-state index contributed by atoms with van der Waals surface area (Å²) in [4.78, 5) is 14.4. The molecule has 0 aliphatic carbocycles. The number of morpholine rings is 1. The molecule has 1 aliphatic heterocycles. The van der Waals surface area contributed by atoms with Gasteiger partial charge in [0.05, 0.1) is 12.2 Å². The van der Waals surface area contributed by atoms with Crippen LogP contribution in [-0.2, 0) is 22.6 Å². The molecule has 0 spiro atoms. The van der Waals surface area contributed by atoms with E-state index in [2.05, 4.69) is 53.6 Å². The van der Waals surface area contributed by atoms with Crippen molar-refractivity contribution < 1.29 is 9.53 Å². The lowest BCUT2D eigenvalue weighted by Crippen LogP contribution is -2.44. The molecule has 3 unspecified atom stereocenters. The summed E-state index contributed by atoms with van der Waals surface area (Å²) in [5, 5.41) is 6.01. The highest BCUT2D eigenvalue weighted by Gasteiger charge is 2.21. The number of hydrogen-bond donors (Lipinski definition) is 2. The Kier molecular flexibility index (Phi) is 12.1. The molecule has 1 aromatic rings. The number of carbonyl (C=O) groups is 1. The first kappa shape index (κ1) is 25.1. The van der Waals surface area contributed by atoms with E-state index in [1.54, 1.807) is 0 Å². The molecule has 1 saturated heterocycles. The van der Waals surface area contributed by atoms with Gasteiger partial charge in [0.25, 0.3) is 0 Å². The van der Waals surface area contributed by atoms with Crippen molar-refractivity contribution in [2.24, 2.45) is 5.92 Å². The van der Waals surface area contributed by atoms with Crippen molar-refractivity contribution in [1.82, 2.24) is 15.5 Å². The van der Waals surface area contributed by atoms with E-state index in [4.69, 9.17) is 4.74 Å². The van der Waals surface area contributed by atoms with Gasteiger partial charge in [0.1, 0.15) is 0 Å². The molecular weight excluding hydrogens is 373 g/mol. The second kappa shape index (κ2) is 12.5. The zero-order valence-corrected chi connectivity index (χ0v) is 17.8. The van der Waals surface area contributed by atoms with Gasteiger partial charge in [-0.25, -0.2) is 0 Å². The molecule has 1 heterocycles. The van der Waals surface area contributed by atoms with Gasteiger partial charge in [0.15, 0.2) is 0 Å². The number of carbonyl (C=O) groups excluding carboxylic acids is 1. The third-order valence-electron chi connectivity index (χ3n) is 4.35. The SMILES string of the molecule is CNCC(C)C(=O)NCc1ccc(CN2CC(C)OC(C)C2)cc1.Cl.Cl. The highest BCUT2D eigenvalue weighted by atomic mass is 35.5. The topological polar surface area (TPSA) is 53.6 Å². The number of amides is 1. The van der Waals surface area contributed by atoms with Crippen molar-refractivity contribution in [3.63, 3.8) is 0 Å². The predicted molar refractivity (Wildman–Crippen MR) is 111 cm³/mol. The van der Waals surface area contributed by atoms with E-state index in [1.165, 1.54) is 5.56 Å². The van der Waals surface area contributed by atoms with Crippen LogP contribution in [0.3, 0.4) is 0 Å². The summed E-state index contributed by atoms with van der Waals surface area (Å²) >= 11 is 0. The van der Waals surface area contributed by atoms with Crippen molar-refractivity contribution in [2.45, 2.75) is 46.1 Å². The molecule has 150 valence electrons. The number of benzene rings is 1. The monoisotopic (exact) mass is 405 g/mol. The zero-order chi connectivity index (χ0) is 17.5. The fourth-order valence-corrected chi connectivity index (χ4v) is 3.20. The largest absolute Gasteiger partial charge is 0.373 e. The van der Waals surface area contributed by atoms with Crippen LogP contribution in [0, 0.1) is 5.92 Å². The van der Waals surface area contributed by atoms with Gasteiger partial charge in [-0.3, -0.25) is 9.69 Å². The van der Waals surface area contributed by atoms with Crippen LogP contribution in [0.4, 0.5) is 0 Å². The minimum atomic E-state index is -0.0143. The van der Waals surface area contributed by atoms with Gasteiger partial charge in [-0.05, 0) is 32.0 Å². The fourth-order valence-electron chi connectivity index (χ4n) is 3.20. The number of nitrogens with one attached hydrogen (secondary N) is 2. The quantitative estimate of drug-likeness (QED) is 0.731. The van der Waals surface area contributed by atoms with E-state index >= 15 is 0 Å². The van der Waals surface area contributed by atoms with Gasteiger partial charge < -0.3 is 15.4 Å². The molecule has 1 fully saturated rings. The normalized spacial score (nSPS) is 21.2. The van der Waals surface area contributed by atoms with Crippen LogP contribution >= 0.6 is 24.8 Å². The lowest BCUT2D eigenvalue weighted by molar-refractivity contribution is -0.124. The summed E-state index contributed by atoms with van der Waals surface area (Å²) in [5.41, 5.74) is 2.43. The summed E-state index contributed by atoms with van der Waals surface area (Å²) < 4.78 is 5.78. The van der Waals surface area contributed by atoms with Gasteiger partial charge >= 0.3 is 0 Å². The van der Waals surface area contributed by atoms with Crippen LogP contribution in [0.2, 0.25) is 0 Å². The Labute approximate surface area is 170 Å². The van der Waals surface area contributed by atoms with Crippen molar-refractivity contribution in [2.75, 3.05) is 26.7 Å². The standard InChI is InChI=1S/C19H31N3O2.2ClH/c1-14(9-20-4)19(23)21-10-17-5-7-18(8-6-17)13-22-11-15(2)24-16(3)12-22;;/h5-8,14-16,20H,9-13H2,1-4H3,(H,21,23);2*1H. The van der Waals surface area contributed by atoms with Crippen molar-refractivity contribution in [3.05, 3.63) is 35.4 Å². The van der Waals surface area contributed by atoms with E-state index in [0.717, 1.165) is 25.2 Å². The maximum absolute atomic E-state index is 11.9. The summed E-state index contributed by atoms with van der Waals surface area (Å²) in [5.74, 6) is 0.0734. The summed E-state index contributed by atoms with van der Waals surface area (Å²) in [6, 6.07) is 8.52. The third kappa shape index (κ3) is 8.23. The molecule has 2 rings (SSSR count). The highest BCUT2D eigenvalue weighted by molar-refractivity contribution is 5.85. The molecule has 0 aromatic heterocycles. The molecule has 3 atom stereocenters. The Bertz CT molecular complexity index is 518. The van der Waals surface area contributed by atoms with Crippen LogP contribution < -0.4 is 10.6 Å². The van der Waals surface area contributed by atoms with Crippen LogP contribution in [0.25, 0.3) is 0 Å². The van der Waals surface area contributed by atoms with Gasteiger partial charge in [-0.1, -0.05) is 31.2 Å². The van der Waals surface area contributed by atoms with Gasteiger partial charge in [-0.15, -0.1) is 24.8 Å². The average Bonchev–Trinajstić information content (AvgIpc) is 2.53. The summed E-state index contributed by atoms with van der Waals surface area (Å²) in [7, 11) is 1.86. The van der Waals surface area contributed by atoms with E-state index in [-0.39, 0.29) is 36.6 Å². The number of nitrogens with zero attached hydrogens (tertiary/aromatic N) is 1. The molecule has 0 radical (unpaired) electrons. The number of ether oxygens (including phenoxy) is 1. The summed E-state index contributed by atoms with van der Waals surface area (Å²) in [6.45, 7) is 10.4. The van der Waals surface area contributed by atoms with Crippen molar-refractivity contribution in [1.29, 1.82) is 0 Å². The third-order valence-corrected chi connectivity index (χ3v) is 4.35. The molecule has 1 aromatic carbocycles. The average molecular weight is 406 g/mol. The molecule has 2 N–H and O–H groups in total. The van der Waals surface area contributed by atoms with Crippen molar-refractivity contribution >= 4 is 30.7 Å². The molecule has 7 heteroatoms. The maximum atomic E-state index is 11.9. The molecule has 0 bridgehead atoms. The predicted octanol–water partition coefficient (Wildman–Crippen LogP) is 2.61. The van der Waals surface area contributed by atoms with Gasteiger partial charge in [-0.2, -0.15) is 0 Å².